The quantitative estimate of drug-likeness (QED) is 0.812. The second kappa shape index (κ2) is 5.52. The Balaban J connectivity index is 2.76. The van der Waals surface area contributed by atoms with Crippen LogP contribution in [-0.2, 0) is 5.88 Å². The molecule has 0 aliphatic carbocycles. The Kier molecular flexibility index (Phi) is 4.54. The van der Waals surface area contributed by atoms with Gasteiger partial charge in [0.2, 0.25) is 0 Å². The first-order valence-electron chi connectivity index (χ1n) is 5.52. The van der Waals surface area contributed by atoms with Crippen LogP contribution in [0, 0.1) is 0 Å². The van der Waals surface area contributed by atoms with Crippen LogP contribution in [0.4, 0.5) is 0 Å². The van der Waals surface area contributed by atoms with Crippen LogP contribution in [-0.4, -0.2) is 22.7 Å². The first-order chi connectivity index (χ1) is 7.86. The molecule has 1 unspecified atom stereocenters. The van der Waals surface area contributed by atoms with Gasteiger partial charge in [-0.2, -0.15) is 0 Å². The Labute approximate surface area is 107 Å². The molecule has 0 aliphatic rings. The van der Waals surface area contributed by atoms with Crippen molar-refractivity contribution < 1.29 is 9.90 Å². The number of nitrogens with one attached hydrogen (secondary N) is 1. The van der Waals surface area contributed by atoms with Gasteiger partial charge in [-0.05, 0) is 38.5 Å². The monoisotopic (exact) mass is 255 g/mol. The van der Waals surface area contributed by atoms with Gasteiger partial charge in [-0.1, -0.05) is 12.1 Å². The molecule has 2 N–H and O–H groups in total. The molecule has 17 heavy (non-hydrogen) atoms. The minimum Gasteiger partial charge on any atom is -0.391 e. The molecule has 1 amide bonds. The van der Waals surface area contributed by atoms with Crippen molar-refractivity contribution in [2.24, 2.45) is 0 Å². The second-order valence-corrected chi connectivity index (χ2v) is 4.95. The molecule has 0 aliphatic heterocycles. The van der Waals surface area contributed by atoms with Gasteiger partial charge in [-0.25, -0.2) is 0 Å². The maximum absolute atomic E-state index is 11.9. The van der Waals surface area contributed by atoms with E-state index >= 15 is 0 Å². The van der Waals surface area contributed by atoms with Crippen LogP contribution < -0.4 is 5.32 Å². The van der Waals surface area contributed by atoms with E-state index in [1.54, 1.807) is 32.9 Å². The van der Waals surface area contributed by atoms with Crippen LogP contribution in [0.1, 0.15) is 36.7 Å². The van der Waals surface area contributed by atoms with E-state index < -0.39 is 11.6 Å². The molecule has 1 rings (SSSR count). The predicted octanol–water partition coefficient (Wildman–Crippen LogP) is 2.31. The molecule has 0 fully saturated rings. The standard InChI is InChI=1S/C13H18ClNO2/c1-9(16)13(2,3)15-12(17)11-6-4-10(8-14)5-7-11/h4-7,9,16H,8H2,1-3H3,(H,15,17). The molecule has 0 saturated carbocycles. The van der Waals surface area contributed by atoms with E-state index in [1.165, 1.54) is 0 Å². The lowest BCUT2D eigenvalue weighted by Gasteiger charge is -2.29. The number of rotatable bonds is 4. The van der Waals surface area contributed by atoms with Gasteiger partial charge in [0, 0.05) is 11.4 Å². The highest BCUT2D eigenvalue weighted by molar-refractivity contribution is 6.17. The third-order valence-corrected chi connectivity index (χ3v) is 3.16. The third kappa shape index (κ3) is 3.72. The van der Waals surface area contributed by atoms with Gasteiger partial charge in [0.25, 0.3) is 5.91 Å². The summed E-state index contributed by atoms with van der Waals surface area (Å²) in [6.45, 7) is 5.21. The summed E-state index contributed by atoms with van der Waals surface area (Å²) in [5, 5.41) is 12.3. The fraction of sp³-hybridized carbons (Fsp3) is 0.462. The van der Waals surface area contributed by atoms with Crippen molar-refractivity contribution in [3.8, 4) is 0 Å². The van der Waals surface area contributed by atoms with Gasteiger partial charge >= 0.3 is 0 Å². The first kappa shape index (κ1) is 14.0. The number of alkyl halides is 1. The van der Waals surface area contributed by atoms with Crippen molar-refractivity contribution in [2.45, 2.75) is 38.3 Å². The average molecular weight is 256 g/mol. The number of carbonyl (C=O) groups excluding carboxylic acids is 1. The SMILES string of the molecule is CC(O)C(C)(C)NC(=O)c1ccc(CCl)cc1. The Hall–Kier alpha value is -1.06. The normalized spacial score (nSPS) is 13.2. The number of aliphatic hydroxyl groups is 1. The summed E-state index contributed by atoms with van der Waals surface area (Å²) in [6, 6.07) is 7.09. The minimum absolute atomic E-state index is 0.197. The Bertz CT molecular complexity index is 385. The maximum atomic E-state index is 11.9. The van der Waals surface area contributed by atoms with Crippen LogP contribution in [0.5, 0.6) is 0 Å². The van der Waals surface area contributed by atoms with E-state index in [0.717, 1.165) is 5.56 Å². The minimum atomic E-state index is -0.651. The van der Waals surface area contributed by atoms with Crippen LogP contribution in [0.2, 0.25) is 0 Å². The van der Waals surface area contributed by atoms with Crippen molar-refractivity contribution in [2.75, 3.05) is 0 Å². The molecule has 0 bridgehead atoms. The summed E-state index contributed by atoms with van der Waals surface area (Å²) in [4.78, 5) is 11.9. The summed E-state index contributed by atoms with van der Waals surface area (Å²) in [5.41, 5.74) is 0.882. The highest BCUT2D eigenvalue weighted by Crippen LogP contribution is 2.11. The molecule has 0 radical (unpaired) electrons. The Morgan fingerprint density at radius 2 is 1.94 bits per heavy atom. The number of aliphatic hydroxyl groups excluding tert-OH is 1. The van der Waals surface area contributed by atoms with Gasteiger partial charge in [-0.3, -0.25) is 4.79 Å². The summed E-state index contributed by atoms with van der Waals surface area (Å²) in [5.74, 6) is 0.234. The second-order valence-electron chi connectivity index (χ2n) is 4.68. The smallest absolute Gasteiger partial charge is 0.251 e. The zero-order chi connectivity index (χ0) is 13.1. The number of carbonyl (C=O) groups is 1. The number of hydrogen-bond acceptors (Lipinski definition) is 2. The number of amides is 1. The predicted molar refractivity (Wildman–Crippen MR) is 69.2 cm³/mol. The van der Waals surface area contributed by atoms with E-state index in [0.29, 0.717) is 11.4 Å². The molecular weight excluding hydrogens is 238 g/mol. The maximum Gasteiger partial charge on any atom is 0.251 e. The molecule has 3 nitrogen and oxygen atoms in total. The van der Waals surface area contributed by atoms with E-state index in [4.69, 9.17) is 11.6 Å². The van der Waals surface area contributed by atoms with E-state index in [2.05, 4.69) is 5.32 Å². The molecule has 0 spiro atoms. The van der Waals surface area contributed by atoms with Crippen molar-refractivity contribution in [3.63, 3.8) is 0 Å². The lowest BCUT2D eigenvalue weighted by atomic mass is 9.98. The van der Waals surface area contributed by atoms with Gasteiger partial charge < -0.3 is 10.4 Å². The third-order valence-electron chi connectivity index (χ3n) is 2.85. The van der Waals surface area contributed by atoms with Crippen LogP contribution in [0.25, 0.3) is 0 Å². The molecule has 4 heteroatoms. The number of halogens is 1. The molecule has 0 heterocycles. The highest BCUT2D eigenvalue weighted by Gasteiger charge is 2.26. The Morgan fingerprint density at radius 1 is 1.41 bits per heavy atom. The molecule has 1 atom stereocenters. The van der Waals surface area contributed by atoms with Crippen LogP contribution in [0.3, 0.4) is 0 Å². The zero-order valence-corrected chi connectivity index (χ0v) is 11.1. The van der Waals surface area contributed by atoms with Crippen molar-refractivity contribution in [3.05, 3.63) is 35.4 Å². The largest absolute Gasteiger partial charge is 0.391 e. The molecule has 0 saturated heterocycles. The lowest BCUT2D eigenvalue weighted by Crippen LogP contribution is -2.50. The summed E-state index contributed by atoms with van der Waals surface area (Å²) < 4.78 is 0. The van der Waals surface area contributed by atoms with Crippen LogP contribution in [0.15, 0.2) is 24.3 Å². The summed E-state index contributed by atoms with van der Waals surface area (Å²) in [7, 11) is 0. The fourth-order valence-electron chi connectivity index (χ4n) is 1.21. The van der Waals surface area contributed by atoms with E-state index in [1.807, 2.05) is 12.1 Å². The fourth-order valence-corrected chi connectivity index (χ4v) is 1.39. The number of benzene rings is 1. The van der Waals surface area contributed by atoms with Crippen molar-refractivity contribution in [1.82, 2.24) is 5.32 Å². The van der Waals surface area contributed by atoms with Gasteiger partial charge in [0.1, 0.15) is 0 Å². The van der Waals surface area contributed by atoms with E-state index in [9.17, 15) is 9.90 Å². The average Bonchev–Trinajstić information content (AvgIpc) is 2.28. The van der Waals surface area contributed by atoms with E-state index in [-0.39, 0.29) is 5.91 Å². The summed E-state index contributed by atoms with van der Waals surface area (Å²) in [6.07, 6.45) is -0.617. The molecule has 94 valence electrons. The Morgan fingerprint density at radius 3 is 2.35 bits per heavy atom. The van der Waals surface area contributed by atoms with Gasteiger partial charge in [0.05, 0.1) is 11.6 Å². The highest BCUT2D eigenvalue weighted by atomic mass is 35.5. The number of hydrogen-bond donors (Lipinski definition) is 2. The van der Waals surface area contributed by atoms with Crippen LogP contribution >= 0.6 is 11.6 Å². The van der Waals surface area contributed by atoms with Crippen molar-refractivity contribution >= 4 is 17.5 Å². The zero-order valence-electron chi connectivity index (χ0n) is 10.3. The first-order valence-corrected chi connectivity index (χ1v) is 6.06. The lowest BCUT2D eigenvalue weighted by molar-refractivity contribution is 0.0709. The molecular formula is C13H18ClNO2. The molecule has 0 aromatic heterocycles. The van der Waals surface area contributed by atoms with Crippen molar-refractivity contribution in [1.29, 1.82) is 0 Å². The summed E-state index contributed by atoms with van der Waals surface area (Å²) >= 11 is 5.67. The molecule has 1 aromatic rings. The van der Waals surface area contributed by atoms with Gasteiger partial charge in [0.15, 0.2) is 0 Å². The molecule has 1 aromatic carbocycles. The topological polar surface area (TPSA) is 49.3 Å². The van der Waals surface area contributed by atoms with Gasteiger partial charge in [-0.15, -0.1) is 11.6 Å².